The van der Waals surface area contributed by atoms with Crippen molar-refractivity contribution < 1.29 is 4.39 Å². The summed E-state index contributed by atoms with van der Waals surface area (Å²) in [6.45, 7) is 6.03. The standard InChI is InChI=1S/C14H20FN/c1-3-16-9-12-6-7-13(12)11-5-4-10(2)14(15)8-11/h4-5,8,12-13,16H,3,6-7,9H2,1-2H3. The minimum absolute atomic E-state index is 0.0633. The van der Waals surface area contributed by atoms with Crippen LogP contribution in [0.25, 0.3) is 0 Å². The molecule has 88 valence electrons. The van der Waals surface area contributed by atoms with Gasteiger partial charge in [0.05, 0.1) is 0 Å². The molecule has 2 unspecified atom stereocenters. The topological polar surface area (TPSA) is 12.0 Å². The second-order valence-corrected chi connectivity index (χ2v) is 4.76. The monoisotopic (exact) mass is 221 g/mol. The zero-order valence-corrected chi connectivity index (χ0v) is 10.1. The molecule has 1 aliphatic carbocycles. The summed E-state index contributed by atoms with van der Waals surface area (Å²) in [5.74, 6) is 1.20. The summed E-state index contributed by atoms with van der Waals surface area (Å²) in [6.07, 6.45) is 2.48. The first-order valence-electron chi connectivity index (χ1n) is 6.19. The minimum atomic E-state index is -0.0633. The number of rotatable bonds is 4. The fourth-order valence-electron chi connectivity index (χ4n) is 2.42. The molecule has 16 heavy (non-hydrogen) atoms. The molecule has 1 N–H and O–H groups in total. The van der Waals surface area contributed by atoms with Gasteiger partial charge in [-0.3, -0.25) is 0 Å². The molecule has 2 atom stereocenters. The van der Waals surface area contributed by atoms with Gasteiger partial charge in [-0.15, -0.1) is 0 Å². The molecule has 0 spiro atoms. The van der Waals surface area contributed by atoms with E-state index in [1.807, 2.05) is 13.0 Å². The van der Waals surface area contributed by atoms with E-state index in [0.29, 0.717) is 11.8 Å². The summed E-state index contributed by atoms with van der Waals surface area (Å²) in [5.41, 5.74) is 1.92. The lowest BCUT2D eigenvalue weighted by Gasteiger charge is -2.37. The summed E-state index contributed by atoms with van der Waals surface area (Å²) < 4.78 is 13.5. The van der Waals surface area contributed by atoms with Crippen molar-refractivity contribution in [3.8, 4) is 0 Å². The average molecular weight is 221 g/mol. The Morgan fingerprint density at radius 3 is 2.75 bits per heavy atom. The van der Waals surface area contributed by atoms with Crippen molar-refractivity contribution in [3.63, 3.8) is 0 Å². The SMILES string of the molecule is CCNCC1CCC1c1ccc(C)c(F)c1. The molecule has 1 nitrogen and oxygen atoms in total. The maximum atomic E-state index is 13.5. The van der Waals surface area contributed by atoms with E-state index in [0.717, 1.165) is 18.7 Å². The van der Waals surface area contributed by atoms with Crippen LogP contribution in [-0.4, -0.2) is 13.1 Å². The largest absolute Gasteiger partial charge is 0.317 e. The van der Waals surface area contributed by atoms with E-state index >= 15 is 0 Å². The molecule has 1 aromatic carbocycles. The molecule has 0 amide bonds. The van der Waals surface area contributed by atoms with Gasteiger partial charge in [-0.1, -0.05) is 19.1 Å². The van der Waals surface area contributed by atoms with Crippen molar-refractivity contribution in [2.75, 3.05) is 13.1 Å². The Hall–Kier alpha value is -0.890. The van der Waals surface area contributed by atoms with E-state index in [-0.39, 0.29) is 5.82 Å². The van der Waals surface area contributed by atoms with Crippen molar-refractivity contribution in [2.45, 2.75) is 32.6 Å². The van der Waals surface area contributed by atoms with E-state index in [1.165, 1.54) is 18.4 Å². The van der Waals surface area contributed by atoms with Crippen LogP contribution in [0.15, 0.2) is 18.2 Å². The number of hydrogen-bond acceptors (Lipinski definition) is 1. The van der Waals surface area contributed by atoms with Crippen LogP contribution in [0.2, 0.25) is 0 Å². The number of hydrogen-bond donors (Lipinski definition) is 1. The van der Waals surface area contributed by atoms with E-state index in [2.05, 4.69) is 18.3 Å². The van der Waals surface area contributed by atoms with Crippen molar-refractivity contribution >= 4 is 0 Å². The highest BCUT2D eigenvalue weighted by atomic mass is 19.1. The molecule has 0 radical (unpaired) electrons. The third-order valence-electron chi connectivity index (χ3n) is 3.70. The van der Waals surface area contributed by atoms with Crippen LogP contribution in [0.3, 0.4) is 0 Å². The summed E-state index contributed by atoms with van der Waals surface area (Å²) in [7, 11) is 0. The summed E-state index contributed by atoms with van der Waals surface area (Å²) >= 11 is 0. The maximum absolute atomic E-state index is 13.5. The van der Waals surface area contributed by atoms with Gasteiger partial charge >= 0.3 is 0 Å². The maximum Gasteiger partial charge on any atom is 0.126 e. The predicted octanol–water partition coefficient (Wildman–Crippen LogP) is 3.24. The van der Waals surface area contributed by atoms with Gasteiger partial charge in [0, 0.05) is 0 Å². The molecule has 0 heterocycles. The highest BCUT2D eigenvalue weighted by Gasteiger charge is 2.31. The average Bonchev–Trinajstić information content (AvgIpc) is 2.22. The summed E-state index contributed by atoms with van der Waals surface area (Å²) in [6, 6.07) is 5.70. The Labute approximate surface area is 97.1 Å². The lowest BCUT2D eigenvalue weighted by atomic mass is 9.70. The van der Waals surface area contributed by atoms with Gasteiger partial charge in [0.2, 0.25) is 0 Å². The highest BCUT2D eigenvalue weighted by Crippen LogP contribution is 2.42. The fourth-order valence-corrected chi connectivity index (χ4v) is 2.42. The third-order valence-corrected chi connectivity index (χ3v) is 3.70. The van der Waals surface area contributed by atoms with Crippen LogP contribution in [0, 0.1) is 18.7 Å². The van der Waals surface area contributed by atoms with E-state index in [4.69, 9.17) is 0 Å². The Morgan fingerprint density at radius 2 is 2.19 bits per heavy atom. The van der Waals surface area contributed by atoms with Gasteiger partial charge in [0.15, 0.2) is 0 Å². The number of nitrogens with one attached hydrogen (secondary N) is 1. The Morgan fingerprint density at radius 1 is 1.38 bits per heavy atom. The number of halogens is 1. The normalized spacial score (nSPS) is 24.2. The first-order valence-corrected chi connectivity index (χ1v) is 6.19. The molecule has 0 saturated heterocycles. The highest BCUT2D eigenvalue weighted by molar-refractivity contribution is 5.28. The van der Waals surface area contributed by atoms with Crippen LogP contribution in [0.5, 0.6) is 0 Å². The van der Waals surface area contributed by atoms with Crippen LogP contribution >= 0.6 is 0 Å². The Kier molecular flexibility index (Phi) is 3.59. The molecule has 1 aromatic rings. The zero-order valence-electron chi connectivity index (χ0n) is 10.1. The van der Waals surface area contributed by atoms with Crippen LogP contribution in [-0.2, 0) is 0 Å². The van der Waals surface area contributed by atoms with Gasteiger partial charge in [0.1, 0.15) is 5.82 Å². The van der Waals surface area contributed by atoms with E-state index in [1.54, 1.807) is 6.07 Å². The molecule has 2 heteroatoms. The Bertz CT molecular complexity index is 362. The van der Waals surface area contributed by atoms with Gasteiger partial charge in [0.25, 0.3) is 0 Å². The smallest absolute Gasteiger partial charge is 0.126 e. The molecular formula is C14H20FN. The van der Waals surface area contributed by atoms with Gasteiger partial charge < -0.3 is 5.32 Å². The van der Waals surface area contributed by atoms with E-state index < -0.39 is 0 Å². The summed E-state index contributed by atoms with van der Waals surface area (Å²) in [4.78, 5) is 0. The quantitative estimate of drug-likeness (QED) is 0.823. The molecular weight excluding hydrogens is 201 g/mol. The number of benzene rings is 1. The lowest BCUT2D eigenvalue weighted by Crippen LogP contribution is -2.33. The predicted molar refractivity (Wildman–Crippen MR) is 65.1 cm³/mol. The van der Waals surface area contributed by atoms with Crippen LogP contribution in [0.1, 0.15) is 36.8 Å². The first kappa shape index (κ1) is 11.6. The molecule has 1 saturated carbocycles. The second-order valence-electron chi connectivity index (χ2n) is 4.76. The Balaban J connectivity index is 2.04. The molecule has 1 aliphatic rings. The molecule has 0 bridgehead atoms. The van der Waals surface area contributed by atoms with Crippen molar-refractivity contribution in [1.29, 1.82) is 0 Å². The lowest BCUT2D eigenvalue weighted by molar-refractivity contribution is 0.247. The second kappa shape index (κ2) is 4.96. The van der Waals surface area contributed by atoms with Gasteiger partial charge in [-0.25, -0.2) is 4.39 Å². The van der Waals surface area contributed by atoms with Gasteiger partial charge in [-0.2, -0.15) is 0 Å². The van der Waals surface area contributed by atoms with Crippen molar-refractivity contribution in [1.82, 2.24) is 5.32 Å². The fraction of sp³-hybridized carbons (Fsp3) is 0.571. The van der Waals surface area contributed by atoms with Crippen LogP contribution in [0.4, 0.5) is 4.39 Å². The van der Waals surface area contributed by atoms with Crippen LogP contribution < -0.4 is 5.32 Å². The zero-order chi connectivity index (χ0) is 11.5. The molecule has 2 rings (SSSR count). The molecule has 0 aromatic heterocycles. The molecule has 1 fully saturated rings. The van der Waals surface area contributed by atoms with Crippen molar-refractivity contribution in [2.24, 2.45) is 5.92 Å². The molecule has 0 aliphatic heterocycles. The minimum Gasteiger partial charge on any atom is -0.317 e. The first-order chi connectivity index (χ1) is 7.72. The van der Waals surface area contributed by atoms with E-state index in [9.17, 15) is 4.39 Å². The van der Waals surface area contributed by atoms with Crippen molar-refractivity contribution in [3.05, 3.63) is 35.1 Å². The summed E-state index contributed by atoms with van der Waals surface area (Å²) in [5, 5.41) is 3.38. The number of aryl methyl sites for hydroxylation is 1. The van der Waals surface area contributed by atoms with Gasteiger partial charge in [-0.05, 0) is 61.9 Å². The third kappa shape index (κ3) is 2.27.